The second-order valence-corrected chi connectivity index (χ2v) is 8.40. The van der Waals surface area contributed by atoms with Crippen molar-refractivity contribution >= 4 is 39.3 Å². The number of imidazole rings is 1. The number of aromatic nitrogens is 2. The summed E-state index contributed by atoms with van der Waals surface area (Å²) in [4.78, 5) is 19.3. The van der Waals surface area contributed by atoms with E-state index in [2.05, 4.69) is 50.3 Å². The fraction of sp³-hybridized carbons (Fsp3) is 0.182. The molecule has 0 unspecified atom stereocenters. The maximum atomic E-state index is 12.8. The van der Waals surface area contributed by atoms with Crippen molar-refractivity contribution in [2.24, 2.45) is 0 Å². The van der Waals surface area contributed by atoms with E-state index in [4.69, 9.17) is 0 Å². The highest BCUT2D eigenvalue weighted by atomic mass is 79.9. The minimum Gasteiger partial charge on any atom is -0.315 e. The van der Waals surface area contributed by atoms with Crippen LogP contribution < -0.4 is 4.90 Å². The standard InChI is InChI=1S/C22H20BrN3OS/c1-2-12-26-20(17-7-9-18(23)10-8-17)14-24-22(26)28-15-21(27)25-13-11-16-5-3-4-6-19(16)25/h2-10,14H,1,11-13,15H2. The van der Waals surface area contributed by atoms with E-state index in [1.165, 1.54) is 17.3 Å². The average Bonchev–Trinajstić information content (AvgIpc) is 3.31. The molecule has 1 aromatic heterocycles. The van der Waals surface area contributed by atoms with E-state index in [0.717, 1.165) is 39.5 Å². The van der Waals surface area contributed by atoms with Gasteiger partial charge in [-0.3, -0.25) is 4.79 Å². The lowest BCUT2D eigenvalue weighted by atomic mass is 10.2. The highest BCUT2D eigenvalue weighted by Crippen LogP contribution is 2.30. The molecular formula is C22H20BrN3OS. The number of hydrogen-bond acceptors (Lipinski definition) is 3. The minimum atomic E-state index is 0.119. The van der Waals surface area contributed by atoms with E-state index in [0.29, 0.717) is 12.3 Å². The van der Waals surface area contributed by atoms with Crippen LogP contribution in [0.15, 0.2) is 77.0 Å². The van der Waals surface area contributed by atoms with Gasteiger partial charge in [0.1, 0.15) is 0 Å². The van der Waals surface area contributed by atoms with Gasteiger partial charge in [-0.2, -0.15) is 0 Å². The molecule has 0 atom stereocenters. The number of para-hydroxylation sites is 1. The van der Waals surface area contributed by atoms with Crippen molar-refractivity contribution in [2.75, 3.05) is 17.2 Å². The molecule has 0 fully saturated rings. The van der Waals surface area contributed by atoms with E-state index in [1.807, 2.05) is 47.5 Å². The molecule has 0 saturated carbocycles. The van der Waals surface area contributed by atoms with Crippen molar-refractivity contribution < 1.29 is 4.79 Å². The van der Waals surface area contributed by atoms with Crippen LogP contribution in [0.4, 0.5) is 5.69 Å². The number of rotatable bonds is 6. The lowest BCUT2D eigenvalue weighted by Crippen LogP contribution is -2.30. The van der Waals surface area contributed by atoms with Gasteiger partial charge in [0.2, 0.25) is 5.91 Å². The number of allylic oxidation sites excluding steroid dienone is 1. The summed E-state index contributed by atoms with van der Waals surface area (Å²) in [5.74, 6) is 0.482. The van der Waals surface area contributed by atoms with Crippen LogP contribution in [0.2, 0.25) is 0 Å². The summed E-state index contributed by atoms with van der Waals surface area (Å²) in [5, 5.41) is 0.832. The van der Waals surface area contributed by atoms with E-state index in [1.54, 1.807) is 0 Å². The maximum absolute atomic E-state index is 12.8. The maximum Gasteiger partial charge on any atom is 0.237 e. The Morgan fingerprint density at radius 3 is 2.79 bits per heavy atom. The monoisotopic (exact) mass is 453 g/mol. The Hall–Kier alpha value is -2.31. The Morgan fingerprint density at radius 2 is 2.00 bits per heavy atom. The second kappa shape index (κ2) is 8.37. The average molecular weight is 454 g/mol. The van der Waals surface area contributed by atoms with Crippen LogP contribution in [0.1, 0.15) is 5.56 Å². The van der Waals surface area contributed by atoms with Gasteiger partial charge in [0.05, 0.1) is 17.6 Å². The Labute approximate surface area is 177 Å². The Bertz CT molecular complexity index is 1010. The molecule has 0 radical (unpaired) electrons. The third-order valence-corrected chi connectivity index (χ3v) is 6.29. The summed E-state index contributed by atoms with van der Waals surface area (Å²) in [5.41, 5.74) is 4.39. The Morgan fingerprint density at radius 1 is 1.21 bits per heavy atom. The van der Waals surface area contributed by atoms with Crippen LogP contribution in [0.5, 0.6) is 0 Å². The van der Waals surface area contributed by atoms with Crippen molar-refractivity contribution in [2.45, 2.75) is 18.1 Å². The van der Waals surface area contributed by atoms with Crippen LogP contribution in [0.25, 0.3) is 11.3 Å². The normalized spacial score (nSPS) is 12.8. The summed E-state index contributed by atoms with van der Waals surface area (Å²) in [6.07, 6.45) is 4.64. The molecule has 0 bridgehead atoms. The van der Waals surface area contributed by atoms with Gasteiger partial charge in [-0.15, -0.1) is 6.58 Å². The molecule has 0 N–H and O–H groups in total. The molecular weight excluding hydrogens is 434 g/mol. The zero-order chi connectivity index (χ0) is 19.5. The first-order chi connectivity index (χ1) is 13.7. The van der Waals surface area contributed by atoms with E-state index < -0.39 is 0 Å². The molecule has 6 heteroatoms. The van der Waals surface area contributed by atoms with Gasteiger partial charge in [-0.05, 0) is 35.7 Å². The Balaban J connectivity index is 1.51. The first kappa shape index (κ1) is 19.0. The van der Waals surface area contributed by atoms with Crippen molar-refractivity contribution in [1.82, 2.24) is 9.55 Å². The number of benzene rings is 2. The highest BCUT2D eigenvalue weighted by molar-refractivity contribution is 9.10. The third-order valence-electron chi connectivity index (χ3n) is 4.78. The van der Waals surface area contributed by atoms with Crippen LogP contribution in [0, 0.1) is 0 Å². The number of carbonyl (C=O) groups is 1. The van der Waals surface area contributed by atoms with Crippen LogP contribution >= 0.6 is 27.7 Å². The lowest BCUT2D eigenvalue weighted by Gasteiger charge is -2.17. The van der Waals surface area contributed by atoms with Gasteiger partial charge in [0, 0.05) is 23.2 Å². The second-order valence-electron chi connectivity index (χ2n) is 6.54. The molecule has 142 valence electrons. The predicted molar refractivity (Wildman–Crippen MR) is 119 cm³/mol. The summed E-state index contributed by atoms with van der Waals surface area (Å²) in [7, 11) is 0. The minimum absolute atomic E-state index is 0.119. The van der Waals surface area contributed by atoms with Crippen molar-refractivity contribution in [3.05, 3.63) is 77.4 Å². The van der Waals surface area contributed by atoms with Gasteiger partial charge in [0.25, 0.3) is 0 Å². The molecule has 28 heavy (non-hydrogen) atoms. The molecule has 0 saturated heterocycles. The summed E-state index contributed by atoms with van der Waals surface area (Å²) in [6.45, 7) is 5.27. The summed E-state index contributed by atoms with van der Waals surface area (Å²) < 4.78 is 3.14. The van der Waals surface area contributed by atoms with E-state index in [9.17, 15) is 4.79 Å². The molecule has 4 nitrogen and oxygen atoms in total. The molecule has 1 aliphatic rings. The molecule has 1 aliphatic heterocycles. The smallest absolute Gasteiger partial charge is 0.237 e. The molecule has 2 aromatic carbocycles. The molecule has 3 aromatic rings. The number of halogens is 1. The Kier molecular flexibility index (Phi) is 5.69. The zero-order valence-electron chi connectivity index (χ0n) is 15.3. The quantitative estimate of drug-likeness (QED) is 0.381. The number of nitrogens with zero attached hydrogens (tertiary/aromatic N) is 3. The molecule has 4 rings (SSSR count). The van der Waals surface area contributed by atoms with E-state index in [-0.39, 0.29) is 5.91 Å². The molecule has 0 spiro atoms. The molecule has 0 aliphatic carbocycles. The lowest BCUT2D eigenvalue weighted by molar-refractivity contribution is -0.116. The van der Waals surface area contributed by atoms with Gasteiger partial charge < -0.3 is 9.47 Å². The van der Waals surface area contributed by atoms with Gasteiger partial charge in [-0.1, -0.05) is 64.1 Å². The van der Waals surface area contributed by atoms with Crippen LogP contribution in [0.3, 0.4) is 0 Å². The van der Waals surface area contributed by atoms with Crippen LogP contribution in [-0.2, 0) is 17.8 Å². The first-order valence-corrected chi connectivity index (χ1v) is 10.9. The SMILES string of the molecule is C=CCn1c(-c2ccc(Br)cc2)cnc1SCC(=O)N1CCc2ccccc21. The fourth-order valence-electron chi connectivity index (χ4n) is 3.43. The largest absolute Gasteiger partial charge is 0.315 e. The number of thioether (sulfide) groups is 1. The number of anilines is 1. The highest BCUT2D eigenvalue weighted by Gasteiger charge is 2.24. The van der Waals surface area contributed by atoms with Gasteiger partial charge >= 0.3 is 0 Å². The fourth-order valence-corrected chi connectivity index (χ4v) is 4.56. The zero-order valence-corrected chi connectivity index (χ0v) is 17.7. The summed E-state index contributed by atoms with van der Waals surface area (Å²) in [6, 6.07) is 16.3. The molecule has 2 heterocycles. The van der Waals surface area contributed by atoms with Crippen molar-refractivity contribution in [3.8, 4) is 11.3 Å². The van der Waals surface area contributed by atoms with Gasteiger partial charge in [0.15, 0.2) is 5.16 Å². The third kappa shape index (κ3) is 3.80. The van der Waals surface area contributed by atoms with Crippen molar-refractivity contribution in [1.29, 1.82) is 0 Å². The van der Waals surface area contributed by atoms with Gasteiger partial charge in [-0.25, -0.2) is 4.98 Å². The topological polar surface area (TPSA) is 38.1 Å². The predicted octanol–water partition coefficient (Wildman–Crippen LogP) is 5.18. The van der Waals surface area contributed by atoms with Crippen LogP contribution in [-0.4, -0.2) is 27.8 Å². The summed E-state index contributed by atoms with van der Waals surface area (Å²) >= 11 is 4.95. The molecule has 1 amide bonds. The van der Waals surface area contributed by atoms with Crippen molar-refractivity contribution in [3.63, 3.8) is 0 Å². The first-order valence-electron chi connectivity index (χ1n) is 9.11. The number of hydrogen-bond donors (Lipinski definition) is 0. The number of carbonyl (C=O) groups excluding carboxylic acids is 1. The number of amides is 1. The van der Waals surface area contributed by atoms with E-state index >= 15 is 0 Å². The number of fused-ring (bicyclic) bond motifs is 1.